The number of rotatable bonds is 7. The Kier molecular flexibility index (Phi) is 11.5. The number of aliphatic hydroxyl groups is 2. The van der Waals surface area contributed by atoms with Gasteiger partial charge in [0.25, 0.3) is 0 Å². The van der Waals surface area contributed by atoms with Gasteiger partial charge in [0.15, 0.2) is 0 Å². The van der Waals surface area contributed by atoms with Gasteiger partial charge < -0.3 is 15.1 Å². The summed E-state index contributed by atoms with van der Waals surface area (Å²) < 4.78 is 0. The zero-order valence-electron chi connectivity index (χ0n) is 9.44. The van der Waals surface area contributed by atoms with Gasteiger partial charge >= 0.3 is 0 Å². The molecular formula is C10H24ClNO2. The average molecular weight is 226 g/mol. The molecule has 0 spiro atoms. The van der Waals surface area contributed by atoms with E-state index in [9.17, 15) is 5.11 Å². The lowest BCUT2D eigenvalue weighted by atomic mass is 10.0. The van der Waals surface area contributed by atoms with E-state index >= 15 is 0 Å². The first-order chi connectivity index (χ1) is 6.11. The van der Waals surface area contributed by atoms with Crippen molar-refractivity contribution < 1.29 is 10.2 Å². The van der Waals surface area contributed by atoms with Crippen LogP contribution in [-0.2, 0) is 0 Å². The Morgan fingerprint density at radius 2 is 1.86 bits per heavy atom. The summed E-state index contributed by atoms with van der Waals surface area (Å²) in [7, 11) is 4.04. The fraction of sp³-hybridized carbons (Fsp3) is 1.00. The minimum atomic E-state index is -0.566. The summed E-state index contributed by atoms with van der Waals surface area (Å²) in [6, 6.07) is 0.391. The molecule has 2 unspecified atom stereocenters. The van der Waals surface area contributed by atoms with E-state index in [1.54, 1.807) is 0 Å². The maximum Gasteiger partial charge on any atom is 0.0785 e. The van der Waals surface area contributed by atoms with Crippen LogP contribution in [0.25, 0.3) is 0 Å². The van der Waals surface area contributed by atoms with Crippen molar-refractivity contribution in [1.29, 1.82) is 0 Å². The SMILES string of the molecule is CCCCC(CC(O)CO)N(C)C.Cl. The van der Waals surface area contributed by atoms with E-state index in [0.29, 0.717) is 12.5 Å². The van der Waals surface area contributed by atoms with Crippen molar-refractivity contribution in [3.8, 4) is 0 Å². The lowest BCUT2D eigenvalue weighted by molar-refractivity contribution is 0.0635. The first kappa shape index (κ1) is 16.6. The van der Waals surface area contributed by atoms with Crippen LogP contribution in [0, 0.1) is 0 Å². The number of hydrogen-bond donors (Lipinski definition) is 2. The topological polar surface area (TPSA) is 43.7 Å². The monoisotopic (exact) mass is 225 g/mol. The minimum Gasteiger partial charge on any atom is -0.394 e. The number of unbranched alkanes of at least 4 members (excludes halogenated alkanes) is 1. The highest BCUT2D eigenvalue weighted by Crippen LogP contribution is 2.11. The summed E-state index contributed by atoms with van der Waals surface area (Å²) in [6.07, 6.45) is 3.56. The average Bonchev–Trinajstić information content (AvgIpc) is 2.11. The van der Waals surface area contributed by atoms with E-state index < -0.39 is 6.10 Å². The zero-order chi connectivity index (χ0) is 10.3. The van der Waals surface area contributed by atoms with Crippen LogP contribution >= 0.6 is 12.4 Å². The first-order valence-electron chi connectivity index (χ1n) is 5.07. The number of hydrogen-bond acceptors (Lipinski definition) is 3. The van der Waals surface area contributed by atoms with Gasteiger partial charge in [0, 0.05) is 6.04 Å². The molecule has 2 N–H and O–H groups in total. The summed E-state index contributed by atoms with van der Waals surface area (Å²) >= 11 is 0. The predicted octanol–water partition coefficient (Wildman–Crippen LogP) is 1.27. The van der Waals surface area contributed by atoms with Gasteiger partial charge in [-0.25, -0.2) is 0 Å². The van der Waals surface area contributed by atoms with Crippen LogP contribution in [0.1, 0.15) is 32.6 Å². The summed E-state index contributed by atoms with van der Waals surface area (Å²) in [5.74, 6) is 0. The molecule has 2 atom stereocenters. The van der Waals surface area contributed by atoms with Crippen LogP contribution in [-0.4, -0.2) is 48.0 Å². The molecule has 0 radical (unpaired) electrons. The molecular weight excluding hydrogens is 202 g/mol. The fourth-order valence-corrected chi connectivity index (χ4v) is 1.42. The molecule has 0 aliphatic carbocycles. The zero-order valence-corrected chi connectivity index (χ0v) is 10.3. The molecule has 0 fully saturated rings. The van der Waals surface area contributed by atoms with E-state index in [1.165, 1.54) is 12.8 Å². The van der Waals surface area contributed by atoms with Crippen molar-refractivity contribution in [1.82, 2.24) is 4.90 Å². The third-order valence-electron chi connectivity index (χ3n) is 2.38. The fourth-order valence-electron chi connectivity index (χ4n) is 1.42. The largest absolute Gasteiger partial charge is 0.394 e. The second-order valence-electron chi connectivity index (χ2n) is 3.83. The number of halogens is 1. The molecule has 0 saturated carbocycles. The number of nitrogens with zero attached hydrogens (tertiary/aromatic N) is 1. The van der Waals surface area contributed by atoms with Gasteiger partial charge in [-0.15, -0.1) is 12.4 Å². The third-order valence-corrected chi connectivity index (χ3v) is 2.38. The van der Waals surface area contributed by atoms with Crippen LogP contribution in [0.2, 0.25) is 0 Å². The van der Waals surface area contributed by atoms with Gasteiger partial charge in [0.2, 0.25) is 0 Å². The van der Waals surface area contributed by atoms with Crippen LogP contribution in [0.3, 0.4) is 0 Å². The van der Waals surface area contributed by atoms with Crippen molar-refractivity contribution in [2.45, 2.75) is 44.8 Å². The lowest BCUT2D eigenvalue weighted by Crippen LogP contribution is -2.32. The molecule has 0 aromatic carbocycles. The normalized spacial score (nSPS) is 15.0. The molecule has 88 valence electrons. The van der Waals surface area contributed by atoms with E-state index in [4.69, 9.17) is 5.11 Å². The molecule has 0 aromatic rings. The Bertz CT molecular complexity index is 123. The maximum absolute atomic E-state index is 9.30. The highest BCUT2D eigenvalue weighted by Gasteiger charge is 2.15. The molecule has 0 heterocycles. The highest BCUT2D eigenvalue weighted by molar-refractivity contribution is 5.85. The van der Waals surface area contributed by atoms with E-state index in [1.807, 2.05) is 14.1 Å². The van der Waals surface area contributed by atoms with Crippen molar-refractivity contribution in [3.05, 3.63) is 0 Å². The van der Waals surface area contributed by atoms with Crippen molar-refractivity contribution in [2.75, 3.05) is 20.7 Å². The van der Waals surface area contributed by atoms with Gasteiger partial charge in [-0.2, -0.15) is 0 Å². The second-order valence-corrected chi connectivity index (χ2v) is 3.83. The summed E-state index contributed by atoms with van der Waals surface area (Å²) in [6.45, 7) is 2.03. The highest BCUT2D eigenvalue weighted by atomic mass is 35.5. The molecule has 0 aliphatic heterocycles. The molecule has 0 saturated heterocycles. The van der Waals surface area contributed by atoms with Crippen molar-refractivity contribution in [2.24, 2.45) is 0 Å². The van der Waals surface area contributed by atoms with Gasteiger partial charge in [0.1, 0.15) is 0 Å². The Hall–Kier alpha value is 0.170. The first-order valence-corrected chi connectivity index (χ1v) is 5.07. The molecule has 0 bridgehead atoms. The molecule has 0 aromatic heterocycles. The van der Waals surface area contributed by atoms with Crippen molar-refractivity contribution in [3.63, 3.8) is 0 Å². The lowest BCUT2D eigenvalue weighted by Gasteiger charge is -2.25. The molecule has 3 nitrogen and oxygen atoms in total. The van der Waals surface area contributed by atoms with E-state index in [0.717, 1.165) is 6.42 Å². The van der Waals surface area contributed by atoms with Crippen molar-refractivity contribution >= 4 is 12.4 Å². The van der Waals surface area contributed by atoms with E-state index in [-0.39, 0.29) is 19.0 Å². The van der Waals surface area contributed by atoms with Crippen LogP contribution in [0.15, 0.2) is 0 Å². The summed E-state index contributed by atoms with van der Waals surface area (Å²) in [4.78, 5) is 2.12. The third kappa shape index (κ3) is 7.56. The Morgan fingerprint density at radius 3 is 2.21 bits per heavy atom. The Morgan fingerprint density at radius 1 is 1.29 bits per heavy atom. The van der Waals surface area contributed by atoms with Gasteiger partial charge in [0.05, 0.1) is 12.7 Å². The Balaban J connectivity index is 0. The minimum absolute atomic E-state index is 0. The smallest absolute Gasteiger partial charge is 0.0785 e. The van der Waals surface area contributed by atoms with Gasteiger partial charge in [-0.1, -0.05) is 19.8 Å². The standard InChI is InChI=1S/C10H23NO2.ClH/c1-4-5-6-9(11(2)3)7-10(13)8-12;/h9-10,12-13H,4-8H2,1-3H3;1H. The number of aliphatic hydroxyl groups excluding tert-OH is 2. The van der Waals surface area contributed by atoms with Gasteiger partial charge in [-0.05, 0) is 26.9 Å². The quantitative estimate of drug-likeness (QED) is 0.686. The molecule has 0 rings (SSSR count). The van der Waals surface area contributed by atoms with Crippen LogP contribution < -0.4 is 0 Å². The molecule has 14 heavy (non-hydrogen) atoms. The van der Waals surface area contributed by atoms with Gasteiger partial charge in [-0.3, -0.25) is 0 Å². The molecule has 4 heteroatoms. The summed E-state index contributed by atoms with van der Waals surface area (Å²) in [5, 5.41) is 18.0. The van der Waals surface area contributed by atoms with Crippen LogP contribution in [0.5, 0.6) is 0 Å². The predicted molar refractivity (Wildman–Crippen MR) is 62.0 cm³/mol. The van der Waals surface area contributed by atoms with Crippen LogP contribution in [0.4, 0.5) is 0 Å². The molecule has 0 aliphatic rings. The summed E-state index contributed by atoms with van der Waals surface area (Å²) in [5.41, 5.74) is 0. The maximum atomic E-state index is 9.30. The van der Waals surface area contributed by atoms with E-state index in [2.05, 4.69) is 11.8 Å². The second kappa shape index (κ2) is 9.71. The Labute approximate surface area is 93.5 Å². The molecule has 0 amide bonds.